The lowest BCUT2D eigenvalue weighted by Gasteiger charge is -2.33. The van der Waals surface area contributed by atoms with Crippen molar-refractivity contribution in [1.29, 1.82) is 0 Å². The van der Waals surface area contributed by atoms with E-state index < -0.39 is 9.84 Å². The quantitative estimate of drug-likeness (QED) is 0.757. The highest BCUT2D eigenvalue weighted by Gasteiger charge is 2.29. The van der Waals surface area contributed by atoms with Gasteiger partial charge < -0.3 is 9.64 Å². The number of nitrogens with zero attached hydrogens (tertiary/aromatic N) is 4. The number of ether oxygens (including phenoxy) is 1. The van der Waals surface area contributed by atoms with Gasteiger partial charge in [0, 0.05) is 49.5 Å². The number of likely N-dealkylation sites (tertiary alicyclic amines) is 1. The summed E-state index contributed by atoms with van der Waals surface area (Å²) in [5.74, 6) is 1.28. The number of rotatable bonds is 5. The third-order valence-corrected chi connectivity index (χ3v) is 6.73. The molecule has 7 nitrogen and oxygen atoms in total. The summed E-state index contributed by atoms with van der Waals surface area (Å²) in [6.07, 6.45) is 9.03. The van der Waals surface area contributed by atoms with Crippen LogP contribution >= 0.6 is 0 Å². The average Bonchev–Trinajstić information content (AvgIpc) is 3.21. The van der Waals surface area contributed by atoms with Gasteiger partial charge in [-0.05, 0) is 50.4 Å². The molecule has 0 aromatic carbocycles. The lowest BCUT2D eigenvalue weighted by atomic mass is 9.92. The molecule has 2 saturated heterocycles. The number of sulfone groups is 1. The molecule has 0 radical (unpaired) electrons. The first-order valence-electron chi connectivity index (χ1n) is 9.78. The molecule has 0 amide bonds. The molecule has 0 N–H and O–H groups in total. The number of aromatic nitrogens is 3. The maximum absolute atomic E-state index is 12.3. The van der Waals surface area contributed by atoms with Gasteiger partial charge in [-0.1, -0.05) is 0 Å². The van der Waals surface area contributed by atoms with Crippen molar-refractivity contribution in [2.24, 2.45) is 5.92 Å². The topological polar surface area (TPSA) is 85.3 Å². The van der Waals surface area contributed by atoms with E-state index in [0.717, 1.165) is 57.7 Å². The first kappa shape index (κ1) is 19.4. The van der Waals surface area contributed by atoms with Gasteiger partial charge in [-0.15, -0.1) is 0 Å². The molecule has 2 aliphatic heterocycles. The fourth-order valence-corrected chi connectivity index (χ4v) is 4.91. The van der Waals surface area contributed by atoms with Gasteiger partial charge >= 0.3 is 0 Å². The first-order chi connectivity index (χ1) is 13.5. The molecule has 4 heterocycles. The molecule has 2 fully saturated rings. The molecular formula is C20H26N4O3S. The normalized spacial score (nSPS) is 21.8. The molecule has 8 heteroatoms. The Labute approximate surface area is 166 Å². The van der Waals surface area contributed by atoms with E-state index in [4.69, 9.17) is 9.72 Å². The van der Waals surface area contributed by atoms with Crippen LogP contribution in [0.15, 0.2) is 35.6 Å². The molecule has 1 unspecified atom stereocenters. The molecule has 0 spiro atoms. The van der Waals surface area contributed by atoms with Crippen molar-refractivity contribution in [2.45, 2.75) is 30.1 Å². The van der Waals surface area contributed by atoms with Crippen molar-refractivity contribution in [3.05, 3.63) is 36.4 Å². The molecule has 1 atom stereocenters. The molecule has 4 rings (SSSR count). The number of hydrogen-bond acceptors (Lipinski definition) is 7. The molecule has 0 saturated carbocycles. The van der Waals surface area contributed by atoms with Crippen molar-refractivity contribution in [3.63, 3.8) is 0 Å². The Morgan fingerprint density at radius 2 is 2.04 bits per heavy atom. The van der Waals surface area contributed by atoms with Crippen molar-refractivity contribution in [3.8, 4) is 11.4 Å². The predicted octanol–water partition coefficient (Wildman–Crippen LogP) is 2.16. The lowest BCUT2D eigenvalue weighted by Crippen LogP contribution is -2.37. The van der Waals surface area contributed by atoms with Gasteiger partial charge in [-0.3, -0.25) is 4.98 Å². The average molecular weight is 403 g/mol. The van der Waals surface area contributed by atoms with E-state index in [0.29, 0.717) is 17.4 Å². The first-order valence-corrected chi connectivity index (χ1v) is 11.7. The summed E-state index contributed by atoms with van der Waals surface area (Å²) in [4.78, 5) is 15.8. The van der Waals surface area contributed by atoms with Crippen LogP contribution in [0.1, 0.15) is 30.9 Å². The van der Waals surface area contributed by atoms with Crippen LogP contribution in [0.3, 0.4) is 0 Å². The Morgan fingerprint density at radius 1 is 1.21 bits per heavy atom. The van der Waals surface area contributed by atoms with E-state index in [2.05, 4.69) is 14.9 Å². The minimum atomic E-state index is -3.38. The summed E-state index contributed by atoms with van der Waals surface area (Å²) in [7, 11) is -3.38. The van der Waals surface area contributed by atoms with Gasteiger partial charge in [0.25, 0.3) is 0 Å². The van der Waals surface area contributed by atoms with Gasteiger partial charge in [0.2, 0.25) is 0 Å². The van der Waals surface area contributed by atoms with E-state index in [1.165, 1.54) is 12.5 Å². The Balaban J connectivity index is 1.55. The summed E-state index contributed by atoms with van der Waals surface area (Å²) in [6, 6.07) is 3.71. The molecule has 150 valence electrons. The molecular weight excluding hydrogens is 376 g/mol. The minimum Gasteiger partial charge on any atom is -0.381 e. The maximum atomic E-state index is 12.3. The highest BCUT2D eigenvalue weighted by molar-refractivity contribution is 7.90. The van der Waals surface area contributed by atoms with E-state index >= 15 is 0 Å². The highest BCUT2D eigenvalue weighted by atomic mass is 32.2. The van der Waals surface area contributed by atoms with Crippen LogP contribution in [0.25, 0.3) is 11.4 Å². The van der Waals surface area contributed by atoms with E-state index in [-0.39, 0.29) is 10.8 Å². The largest absolute Gasteiger partial charge is 0.381 e. The molecule has 0 aliphatic carbocycles. The Hall–Kier alpha value is -1.90. The SMILES string of the molecule is CS(=O)(=O)c1cnc(-c2cccnc2)nc1C1CCN(CC2CCOC2)CC1. The van der Waals surface area contributed by atoms with Gasteiger partial charge in [0.1, 0.15) is 4.90 Å². The van der Waals surface area contributed by atoms with Crippen LogP contribution < -0.4 is 0 Å². The summed E-state index contributed by atoms with van der Waals surface area (Å²) in [5.41, 5.74) is 1.45. The summed E-state index contributed by atoms with van der Waals surface area (Å²) < 4.78 is 30.1. The van der Waals surface area contributed by atoms with Crippen LogP contribution in [-0.2, 0) is 14.6 Å². The number of pyridine rings is 1. The standard InChI is InChI=1S/C20H26N4O3S/c1-28(25,26)18-12-22-20(17-3-2-7-21-11-17)23-19(18)16-4-8-24(9-5-16)13-15-6-10-27-14-15/h2-3,7,11-12,15-16H,4-6,8-10,13-14H2,1H3. The van der Waals surface area contributed by atoms with Gasteiger partial charge in [-0.25, -0.2) is 18.4 Å². The van der Waals surface area contributed by atoms with Crippen molar-refractivity contribution >= 4 is 9.84 Å². The monoisotopic (exact) mass is 402 g/mol. The zero-order valence-electron chi connectivity index (χ0n) is 16.1. The molecule has 0 bridgehead atoms. The lowest BCUT2D eigenvalue weighted by molar-refractivity contribution is 0.151. The van der Waals surface area contributed by atoms with E-state index in [1.54, 1.807) is 12.4 Å². The minimum absolute atomic E-state index is 0.124. The van der Waals surface area contributed by atoms with E-state index in [9.17, 15) is 8.42 Å². The van der Waals surface area contributed by atoms with Crippen LogP contribution in [0.2, 0.25) is 0 Å². The Kier molecular flexibility index (Phi) is 5.70. The molecule has 28 heavy (non-hydrogen) atoms. The second-order valence-electron chi connectivity index (χ2n) is 7.76. The van der Waals surface area contributed by atoms with Crippen LogP contribution in [0.4, 0.5) is 0 Å². The number of piperidine rings is 1. The zero-order chi connectivity index (χ0) is 19.6. The molecule has 2 aromatic rings. The van der Waals surface area contributed by atoms with Gasteiger partial charge in [0.05, 0.1) is 12.3 Å². The third-order valence-electron chi connectivity index (χ3n) is 5.62. The fraction of sp³-hybridized carbons (Fsp3) is 0.550. The highest BCUT2D eigenvalue weighted by Crippen LogP contribution is 2.32. The summed E-state index contributed by atoms with van der Waals surface area (Å²) in [5, 5.41) is 0. The van der Waals surface area contributed by atoms with E-state index in [1.807, 2.05) is 12.1 Å². The van der Waals surface area contributed by atoms with Crippen molar-refractivity contribution in [2.75, 3.05) is 39.1 Å². The second kappa shape index (κ2) is 8.23. The fourth-order valence-electron chi connectivity index (χ4n) is 4.08. The van der Waals surface area contributed by atoms with Crippen molar-refractivity contribution in [1.82, 2.24) is 19.9 Å². The van der Waals surface area contributed by atoms with Gasteiger partial charge in [-0.2, -0.15) is 0 Å². The molecule has 2 aliphatic rings. The third kappa shape index (κ3) is 4.39. The smallest absolute Gasteiger partial charge is 0.178 e. The Bertz CT molecular complexity index is 906. The molecule has 2 aromatic heterocycles. The summed E-state index contributed by atoms with van der Waals surface area (Å²) >= 11 is 0. The van der Waals surface area contributed by atoms with Crippen LogP contribution in [0.5, 0.6) is 0 Å². The number of hydrogen-bond donors (Lipinski definition) is 0. The summed E-state index contributed by atoms with van der Waals surface area (Å²) in [6.45, 7) is 4.71. The van der Waals surface area contributed by atoms with Crippen molar-refractivity contribution < 1.29 is 13.2 Å². The predicted molar refractivity (Wildman–Crippen MR) is 106 cm³/mol. The second-order valence-corrected chi connectivity index (χ2v) is 9.75. The van der Waals surface area contributed by atoms with Gasteiger partial charge in [0.15, 0.2) is 15.7 Å². The zero-order valence-corrected chi connectivity index (χ0v) is 16.9. The van der Waals surface area contributed by atoms with Crippen LogP contribution in [0, 0.1) is 5.92 Å². The Morgan fingerprint density at radius 3 is 2.68 bits per heavy atom. The van der Waals surface area contributed by atoms with Crippen LogP contribution in [-0.4, -0.2) is 67.4 Å². The maximum Gasteiger partial charge on any atom is 0.178 e.